The zero-order valence-corrected chi connectivity index (χ0v) is 9.97. The molecule has 1 N–H and O–H groups in total. The first kappa shape index (κ1) is 11.2. The van der Waals surface area contributed by atoms with Crippen molar-refractivity contribution in [1.29, 1.82) is 0 Å². The lowest BCUT2D eigenvalue weighted by atomic mass is 10.0. The van der Waals surface area contributed by atoms with Crippen LogP contribution >= 0.6 is 11.3 Å². The number of benzene rings is 2. The van der Waals surface area contributed by atoms with Crippen LogP contribution in [-0.4, -0.2) is 5.11 Å². The Balaban J connectivity index is 2.32. The summed E-state index contributed by atoms with van der Waals surface area (Å²) < 4.78 is 27.8. The molecule has 0 aliphatic carbocycles. The van der Waals surface area contributed by atoms with Gasteiger partial charge in [-0.25, -0.2) is 8.78 Å². The summed E-state index contributed by atoms with van der Waals surface area (Å²) in [5.41, 5.74) is 1.39. The Kier molecular flexibility index (Phi) is 2.52. The molecule has 4 heteroatoms. The van der Waals surface area contributed by atoms with E-state index in [2.05, 4.69) is 0 Å². The first-order valence-electron chi connectivity index (χ1n) is 5.31. The van der Waals surface area contributed by atoms with Crippen molar-refractivity contribution in [3.05, 3.63) is 53.4 Å². The van der Waals surface area contributed by atoms with Gasteiger partial charge in [0.1, 0.15) is 5.75 Å². The third kappa shape index (κ3) is 1.66. The van der Waals surface area contributed by atoms with Gasteiger partial charge in [0, 0.05) is 15.6 Å². The molecule has 0 fully saturated rings. The third-order valence-electron chi connectivity index (χ3n) is 2.81. The average molecular weight is 262 g/mol. The van der Waals surface area contributed by atoms with E-state index in [-0.39, 0.29) is 5.75 Å². The normalized spacial score (nSPS) is 11.0. The molecule has 2 aromatic carbocycles. The molecule has 0 atom stereocenters. The van der Waals surface area contributed by atoms with Gasteiger partial charge in [-0.1, -0.05) is 12.1 Å². The summed E-state index contributed by atoms with van der Waals surface area (Å²) in [5, 5.41) is 11.3. The molecule has 0 saturated carbocycles. The second-order valence-corrected chi connectivity index (χ2v) is 4.85. The fraction of sp³-hybridized carbons (Fsp3) is 0. The Morgan fingerprint density at radius 3 is 2.44 bits per heavy atom. The summed E-state index contributed by atoms with van der Waals surface area (Å²) in [6.07, 6.45) is 0. The van der Waals surface area contributed by atoms with Crippen molar-refractivity contribution >= 4 is 21.4 Å². The van der Waals surface area contributed by atoms with E-state index in [4.69, 9.17) is 0 Å². The van der Waals surface area contributed by atoms with Crippen LogP contribution in [0, 0.1) is 11.6 Å². The Bertz CT molecular complexity index is 716. The molecule has 0 radical (unpaired) electrons. The largest absolute Gasteiger partial charge is 0.508 e. The topological polar surface area (TPSA) is 20.2 Å². The number of thiophene rings is 1. The minimum absolute atomic E-state index is 0.142. The number of phenols is 1. The number of halogens is 2. The number of phenolic OH excluding ortho intramolecular Hbond substituents is 1. The summed E-state index contributed by atoms with van der Waals surface area (Å²) in [6.45, 7) is 0. The van der Waals surface area contributed by atoms with Gasteiger partial charge in [0.15, 0.2) is 11.6 Å². The molecule has 0 saturated heterocycles. The van der Waals surface area contributed by atoms with Gasteiger partial charge in [-0.15, -0.1) is 11.3 Å². The lowest BCUT2D eigenvalue weighted by molar-refractivity contribution is 0.475. The standard InChI is InChI=1S/C14H8F2OS/c15-12-7-11(8-1-3-9(17)4-2-8)14-10(13(12)16)5-6-18-14/h1-7,17H. The summed E-state index contributed by atoms with van der Waals surface area (Å²) in [7, 11) is 0. The Labute approximate surface area is 106 Å². The number of hydrogen-bond acceptors (Lipinski definition) is 2. The van der Waals surface area contributed by atoms with Crippen LogP contribution < -0.4 is 0 Å². The highest BCUT2D eigenvalue weighted by Crippen LogP contribution is 2.35. The monoisotopic (exact) mass is 262 g/mol. The predicted molar refractivity (Wildman–Crippen MR) is 68.8 cm³/mol. The van der Waals surface area contributed by atoms with Gasteiger partial charge < -0.3 is 5.11 Å². The molecule has 1 nitrogen and oxygen atoms in total. The van der Waals surface area contributed by atoms with Crippen LogP contribution in [0.3, 0.4) is 0 Å². The van der Waals surface area contributed by atoms with Crippen molar-refractivity contribution in [2.24, 2.45) is 0 Å². The summed E-state index contributed by atoms with van der Waals surface area (Å²) in [5.74, 6) is -1.53. The maximum absolute atomic E-state index is 13.6. The van der Waals surface area contributed by atoms with Gasteiger partial charge in [-0.2, -0.15) is 0 Å². The van der Waals surface area contributed by atoms with Gasteiger partial charge in [-0.05, 0) is 35.2 Å². The van der Waals surface area contributed by atoms with E-state index in [0.717, 1.165) is 5.56 Å². The fourth-order valence-electron chi connectivity index (χ4n) is 1.93. The van der Waals surface area contributed by atoms with Gasteiger partial charge in [0.05, 0.1) is 0 Å². The van der Waals surface area contributed by atoms with Gasteiger partial charge in [0.25, 0.3) is 0 Å². The molecule has 1 heterocycles. The summed E-state index contributed by atoms with van der Waals surface area (Å²) >= 11 is 1.37. The fourth-order valence-corrected chi connectivity index (χ4v) is 2.86. The van der Waals surface area contributed by atoms with Crippen molar-refractivity contribution in [3.8, 4) is 16.9 Å². The molecule has 3 rings (SSSR count). The predicted octanol–water partition coefficient (Wildman–Crippen LogP) is 4.55. The first-order chi connectivity index (χ1) is 8.66. The Hall–Kier alpha value is -1.94. The zero-order valence-electron chi connectivity index (χ0n) is 9.15. The maximum atomic E-state index is 13.6. The second kappa shape index (κ2) is 4.07. The maximum Gasteiger partial charge on any atom is 0.167 e. The molecule has 90 valence electrons. The van der Waals surface area contributed by atoms with E-state index < -0.39 is 11.6 Å². The van der Waals surface area contributed by atoms with Crippen molar-refractivity contribution in [2.75, 3.05) is 0 Å². The minimum Gasteiger partial charge on any atom is -0.508 e. The highest BCUT2D eigenvalue weighted by molar-refractivity contribution is 7.17. The molecule has 0 spiro atoms. The molecule has 18 heavy (non-hydrogen) atoms. The van der Waals surface area contributed by atoms with Gasteiger partial charge in [0.2, 0.25) is 0 Å². The van der Waals surface area contributed by atoms with Crippen LogP contribution in [0.2, 0.25) is 0 Å². The highest BCUT2D eigenvalue weighted by Gasteiger charge is 2.14. The van der Waals surface area contributed by atoms with Crippen LogP contribution in [0.25, 0.3) is 21.2 Å². The van der Waals surface area contributed by atoms with E-state index in [9.17, 15) is 13.9 Å². The molecule has 3 aromatic rings. The van der Waals surface area contributed by atoms with Crippen molar-refractivity contribution < 1.29 is 13.9 Å². The van der Waals surface area contributed by atoms with E-state index in [1.165, 1.54) is 29.5 Å². The number of rotatable bonds is 1. The highest BCUT2D eigenvalue weighted by atomic mass is 32.1. The lowest BCUT2D eigenvalue weighted by Crippen LogP contribution is -1.87. The molecule has 1 aromatic heterocycles. The molecular weight excluding hydrogens is 254 g/mol. The zero-order chi connectivity index (χ0) is 12.7. The number of aromatic hydroxyl groups is 1. The lowest BCUT2D eigenvalue weighted by Gasteiger charge is -2.05. The molecule has 0 aliphatic heterocycles. The van der Waals surface area contributed by atoms with Crippen LogP contribution in [0.4, 0.5) is 8.78 Å². The first-order valence-corrected chi connectivity index (χ1v) is 6.19. The minimum atomic E-state index is -0.857. The quantitative estimate of drug-likeness (QED) is 0.682. The van der Waals surface area contributed by atoms with Gasteiger partial charge >= 0.3 is 0 Å². The third-order valence-corrected chi connectivity index (χ3v) is 3.75. The SMILES string of the molecule is Oc1ccc(-c2cc(F)c(F)c3ccsc23)cc1. The van der Waals surface area contributed by atoms with Crippen molar-refractivity contribution in [2.45, 2.75) is 0 Å². The Morgan fingerprint density at radius 2 is 1.72 bits per heavy atom. The molecule has 0 bridgehead atoms. The molecular formula is C14H8F2OS. The van der Waals surface area contributed by atoms with E-state index in [1.807, 2.05) is 0 Å². The van der Waals surface area contributed by atoms with E-state index in [1.54, 1.807) is 23.6 Å². The number of hydrogen-bond donors (Lipinski definition) is 1. The summed E-state index contributed by atoms with van der Waals surface area (Å²) in [6, 6.07) is 9.18. The van der Waals surface area contributed by atoms with E-state index in [0.29, 0.717) is 15.6 Å². The summed E-state index contributed by atoms with van der Waals surface area (Å²) in [4.78, 5) is 0. The van der Waals surface area contributed by atoms with Crippen LogP contribution in [0.15, 0.2) is 41.8 Å². The van der Waals surface area contributed by atoms with Gasteiger partial charge in [-0.3, -0.25) is 0 Å². The molecule has 0 aliphatic rings. The van der Waals surface area contributed by atoms with Crippen molar-refractivity contribution in [3.63, 3.8) is 0 Å². The van der Waals surface area contributed by atoms with Crippen LogP contribution in [0.1, 0.15) is 0 Å². The number of fused-ring (bicyclic) bond motifs is 1. The van der Waals surface area contributed by atoms with E-state index >= 15 is 0 Å². The van der Waals surface area contributed by atoms with Crippen LogP contribution in [-0.2, 0) is 0 Å². The molecule has 0 amide bonds. The average Bonchev–Trinajstić information content (AvgIpc) is 2.84. The smallest absolute Gasteiger partial charge is 0.167 e. The van der Waals surface area contributed by atoms with Crippen molar-refractivity contribution in [1.82, 2.24) is 0 Å². The van der Waals surface area contributed by atoms with Crippen LogP contribution in [0.5, 0.6) is 5.75 Å². The molecule has 0 unspecified atom stereocenters. The second-order valence-electron chi connectivity index (χ2n) is 3.93. The Morgan fingerprint density at radius 1 is 1.00 bits per heavy atom.